The topological polar surface area (TPSA) is 71.2 Å². The molecule has 0 saturated heterocycles. The molecule has 0 radical (unpaired) electrons. The number of nitrogens with zero attached hydrogens (tertiary/aromatic N) is 1. The van der Waals surface area contributed by atoms with Gasteiger partial charge in [0.2, 0.25) is 0 Å². The molecule has 1 unspecified atom stereocenters. The monoisotopic (exact) mass is 289 g/mol. The van der Waals surface area contributed by atoms with E-state index >= 15 is 0 Å². The van der Waals surface area contributed by atoms with E-state index in [2.05, 4.69) is 10.3 Å². The number of pyridine rings is 1. The molecule has 0 bridgehead atoms. The third-order valence-corrected chi connectivity index (χ3v) is 3.39. The average Bonchev–Trinajstić information content (AvgIpc) is 2.48. The number of halogens is 1. The quantitative estimate of drug-likeness (QED) is 0.758. The predicted molar refractivity (Wildman–Crippen MR) is 79.9 cm³/mol. The van der Waals surface area contributed by atoms with Gasteiger partial charge in [-0.3, -0.25) is 4.98 Å². The van der Waals surface area contributed by atoms with Crippen molar-refractivity contribution in [1.29, 1.82) is 0 Å². The van der Waals surface area contributed by atoms with Crippen LogP contribution >= 0.6 is 0 Å². The zero-order chi connectivity index (χ0) is 15.2. The Balaban J connectivity index is 2.13. The van der Waals surface area contributed by atoms with Crippen molar-refractivity contribution in [1.82, 2.24) is 10.3 Å². The number of nitrogens with one attached hydrogen (secondary N) is 1. The first kappa shape index (κ1) is 15.6. The van der Waals surface area contributed by atoms with Gasteiger partial charge in [-0.1, -0.05) is 30.3 Å². The normalized spacial score (nSPS) is 15.4. The van der Waals surface area contributed by atoms with Crippen molar-refractivity contribution < 1.29 is 9.50 Å². The number of hydrogen-bond donors (Lipinski definition) is 3. The van der Waals surface area contributed by atoms with Crippen molar-refractivity contribution in [3.8, 4) is 0 Å². The molecule has 0 spiro atoms. The van der Waals surface area contributed by atoms with Crippen LogP contribution in [0.4, 0.5) is 4.39 Å². The number of aliphatic hydroxyl groups excluding tert-OH is 1. The summed E-state index contributed by atoms with van der Waals surface area (Å²) in [6.45, 7) is 2.08. The van der Waals surface area contributed by atoms with Gasteiger partial charge in [0, 0.05) is 18.8 Å². The van der Waals surface area contributed by atoms with Crippen molar-refractivity contribution >= 4 is 0 Å². The Morgan fingerprint density at radius 2 is 2.00 bits per heavy atom. The Morgan fingerprint density at radius 1 is 1.29 bits per heavy atom. The maximum absolute atomic E-state index is 13.1. The van der Waals surface area contributed by atoms with Crippen LogP contribution in [0.25, 0.3) is 0 Å². The fraction of sp³-hybridized carbons (Fsp3) is 0.312. The number of nitrogens with two attached hydrogens (primary N) is 1. The molecule has 21 heavy (non-hydrogen) atoms. The number of hydrogen-bond acceptors (Lipinski definition) is 4. The zero-order valence-electron chi connectivity index (χ0n) is 11.9. The Bertz CT molecular complexity index is 562. The van der Waals surface area contributed by atoms with Gasteiger partial charge >= 0.3 is 0 Å². The zero-order valence-corrected chi connectivity index (χ0v) is 11.9. The van der Waals surface area contributed by atoms with Crippen LogP contribution in [0, 0.1) is 5.82 Å². The fourth-order valence-corrected chi connectivity index (χ4v) is 2.20. The van der Waals surface area contributed by atoms with Crippen LogP contribution in [0.2, 0.25) is 0 Å². The Hall–Kier alpha value is -1.82. The van der Waals surface area contributed by atoms with Gasteiger partial charge in [-0.15, -0.1) is 0 Å². The minimum atomic E-state index is -0.659. The van der Waals surface area contributed by atoms with Gasteiger partial charge in [0.25, 0.3) is 0 Å². The predicted octanol–water partition coefficient (Wildman–Crippen LogP) is 1.76. The second-order valence-corrected chi connectivity index (χ2v) is 5.10. The van der Waals surface area contributed by atoms with E-state index in [1.807, 2.05) is 30.3 Å². The summed E-state index contributed by atoms with van der Waals surface area (Å²) in [5, 5.41) is 13.0. The van der Waals surface area contributed by atoms with E-state index in [0.717, 1.165) is 11.1 Å². The maximum Gasteiger partial charge on any atom is 0.141 e. The van der Waals surface area contributed by atoms with Crippen LogP contribution in [0.1, 0.15) is 24.1 Å². The first-order valence-electron chi connectivity index (χ1n) is 6.89. The molecule has 0 aliphatic carbocycles. The maximum atomic E-state index is 13.1. The summed E-state index contributed by atoms with van der Waals surface area (Å²) in [7, 11) is 0. The average molecular weight is 289 g/mol. The van der Waals surface area contributed by atoms with Gasteiger partial charge in [-0.05, 0) is 24.1 Å². The van der Waals surface area contributed by atoms with Crippen LogP contribution in [-0.2, 0) is 6.54 Å². The number of benzene rings is 1. The van der Waals surface area contributed by atoms with Crippen LogP contribution in [-0.4, -0.2) is 22.2 Å². The molecule has 2 aromatic rings. The van der Waals surface area contributed by atoms with Gasteiger partial charge in [-0.2, -0.15) is 0 Å². The summed E-state index contributed by atoms with van der Waals surface area (Å²) in [6, 6.07) is 10.4. The van der Waals surface area contributed by atoms with E-state index in [9.17, 15) is 9.50 Å². The molecule has 1 heterocycles. The highest BCUT2D eigenvalue weighted by Crippen LogP contribution is 2.18. The van der Waals surface area contributed by atoms with E-state index in [0.29, 0.717) is 6.54 Å². The number of aliphatic hydroxyl groups is 1. The molecule has 112 valence electrons. The molecule has 1 aromatic heterocycles. The van der Waals surface area contributed by atoms with Crippen LogP contribution in [0.5, 0.6) is 0 Å². The van der Waals surface area contributed by atoms with Crippen LogP contribution < -0.4 is 11.1 Å². The smallest absolute Gasteiger partial charge is 0.141 e. The second kappa shape index (κ2) is 7.26. The lowest BCUT2D eigenvalue weighted by Crippen LogP contribution is -2.44. The summed E-state index contributed by atoms with van der Waals surface area (Å²) >= 11 is 0. The largest absolute Gasteiger partial charge is 0.392 e. The van der Waals surface area contributed by atoms with Crippen molar-refractivity contribution in [2.75, 3.05) is 0 Å². The second-order valence-electron chi connectivity index (χ2n) is 5.10. The van der Waals surface area contributed by atoms with E-state index in [4.69, 9.17) is 5.73 Å². The standard InChI is InChI=1S/C16H20FN3O/c1-11(21)15(18)16(13-5-3-2-4-6-13)20-9-12-7-14(17)10-19-8-12/h2-8,10-11,15-16,20-21H,9,18H2,1H3/t11-,15-,16?/m1/s1. The molecule has 5 heteroatoms. The van der Waals surface area contributed by atoms with E-state index in [1.165, 1.54) is 12.3 Å². The lowest BCUT2D eigenvalue weighted by molar-refractivity contribution is 0.142. The summed E-state index contributed by atoms with van der Waals surface area (Å²) in [4.78, 5) is 3.82. The van der Waals surface area contributed by atoms with E-state index in [1.54, 1.807) is 13.1 Å². The third-order valence-electron chi connectivity index (χ3n) is 3.39. The highest BCUT2D eigenvalue weighted by Gasteiger charge is 2.23. The molecule has 0 aliphatic rings. The highest BCUT2D eigenvalue weighted by atomic mass is 19.1. The van der Waals surface area contributed by atoms with Crippen molar-refractivity contribution in [2.45, 2.75) is 31.7 Å². The molecule has 4 N–H and O–H groups in total. The molecule has 0 fully saturated rings. The molecule has 0 amide bonds. The van der Waals surface area contributed by atoms with Gasteiger partial charge in [0.1, 0.15) is 5.82 Å². The highest BCUT2D eigenvalue weighted by molar-refractivity contribution is 5.21. The van der Waals surface area contributed by atoms with E-state index in [-0.39, 0.29) is 11.9 Å². The first-order valence-corrected chi connectivity index (χ1v) is 6.89. The fourth-order valence-electron chi connectivity index (χ4n) is 2.20. The van der Waals surface area contributed by atoms with Crippen molar-refractivity contribution in [3.05, 3.63) is 65.7 Å². The first-order chi connectivity index (χ1) is 10.1. The van der Waals surface area contributed by atoms with Crippen molar-refractivity contribution in [2.24, 2.45) is 5.73 Å². The van der Waals surface area contributed by atoms with Gasteiger partial charge < -0.3 is 16.2 Å². The van der Waals surface area contributed by atoms with Gasteiger partial charge in [-0.25, -0.2) is 4.39 Å². The molecular formula is C16H20FN3O. The molecule has 4 nitrogen and oxygen atoms in total. The molecule has 1 aromatic carbocycles. The molecule has 3 atom stereocenters. The Kier molecular flexibility index (Phi) is 5.38. The van der Waals surface area contributed by atoms with Gasteiger partial charge in [0.15, 0.2) is 0 Å². The summed E-state index contributed by atoms with van der Waals surface area (Å²) in [6.07, 6.45) is 2.11. The number of aromatic nitrogens is 1. The Morgan fingerprint density at radius 3 is 2.62 bits per heavy atom. The lowest BCUT2D eigenvalue weighted by atomic mass is 9.96. The lowest BCUT2D eigenvalue weighted by Gasteiger charge is -2.27. The third kappa shape index (κ3) is 4.32. The Labute approximate surface area is 123 Å². The SMILES string of the molecule is C[C@@H](O)[C@@H](N)C(NCc1cncc(F)c1)c1ccccc1. The number of rotatable bonds is 6. The minimum absolute atomic E-state index is 0.227. The summed E-state index contributed by atoms with van der Waals surface area (Å²) in [5.41, 5.74) is 7.80. The molecule has 0 aliphatic heterocycles. The summed E-state index contributed by atoms with van der Waals surface area (Å²) < 4.78 is 13.1. The van der Waals surface area contributed by atoms with E-state index < -0.39 is 12.1 Å². The molecule has 2 rings (SSSR count). The van der Waals surface area contributed by atoms with Crippen molar-refractivity contribution in [3.63, 3.8) is 0 Å². The summed E-state index contributed by atoms with van der Waals surface area (Å²) in [5.74, 6) is -0.370. The van der Waals surface area contributed by atoms with Gasteiger partial charge in [0.05, 0.1) is 18.3 Å². The van der Waals surface area contributed by atoms with Crippen LogP contribution in [0.3, 0.4) is 0 Å². The molecular weight excluding hydrogens is 269 g/mol. The molecule has 0 saturated carbocycles. The minimum Gasteiger partial charge on any atom is -0.392 e. The van der Waals surface area contributed by atoms with Crippen LogP contribution in [0.15, 0.2) is 48.8 Å².